The van der Waals surface area contributed by atoms with E-state index in [2.05, 4.69) is 0 Å². The van der Waals surface area contributed by atoms with Gasteiger partial charge >= 0.3 is 0 Å². The summed E-state index contributed by atoms with van der Waals surface area (Å²) in [6, 6.07) is 9.79. The minimum Gasteiger partial charge on any atom is -0.508 e. The van der Waals surface area contributed by atoms with Gasteiger partial charge < -0.3 is 44.8 Å². The molecule has 7 atom stereocenters. The molecule has 4 rings (SSSR count). The molecule has 10 heteroatoms. The van der Waals surface area contributed by atoms with E-state index in [1.807, 2.05) is 0 Å². The highest BCUT2D eigenvalue weighted by molar-refractivity contribution is 6.03. The average Bonchev–Trinajstić information content (AvgIpc) is 2.76. The van der Waals surface area contributed by atoms with E-state index in [-0.39, 0.29) is 22.8 Å². The number of Topliss-reactive ketones (excluding diaryl/α,β-unsaturated/α-hetero) is 1. The van der Waals surface area contributed by atoms with E-state index in [1.54, 1.807) is 0 Å². The van der Waals surface area contributed by atoms with E-state index in [0.717, 1.165) is 0 Å². The third-order valence-corrected chi connectivity index (χ3v) is 5.37. The SMILES string of the molecule is O=C1c2ccc(O)cc2OC(c2ccc(O)cc2)C1O[C@@H]1O[C@H](CO)[C@@H](O)[C@H](O)[C@H]1O. The second kappa shape index (κ2) is 8.42. The lowest BCUT2D eigenvalue weighted by Crippen LogP contribution is -2.60. The summed E-state index contributed by atoms with van der Waals surface area (Å²) in [4.78, 5) is 13.2. The largest absolute Gasteiger partial charge is 0.508 e. The molecule has 0 radical (unpaired) electrons. The van der Waals surface area contributed by atoms with Crippen molar-refractivity contribution in [2.24, 2.45) is 0 Å². The van der Waals surface area contributed by atoms with Gasteiger partial charge in [-0.05, 0) is 29.8 Å². The molecule has 0 spiro atoms. The number of carbonyl (C=O) groups excluding carboxylic acids is 1. The van der Waals surface area contributed by atoms with Gasteiger partial charge in [0.25, 0.3) is 0 Å². The quantitative estimate of drug-likeness (QED) is 0.373. The molecule has 0 bridgehead atoms. The Labute approximate surface area is 176 Å². The van der Waals surface area contributed by atoms with Crippen molar-refractivity contribution in [3.63, 3.8) is 0 Å². The zero-order valence-electron chi connectivity index (χ0n) is 16.1. The number of ether oxygens (including phenoxy) is 3. The van der Waals surface area contributed by atoms with Crippen LogP contribution in [0, 0.1) is 0 Å². The maximum Gasteiger partial charge on any atom is 0.199 e. The van der Waals surface area contributed by atoms with E-state index in [0.29, 0.717) is 5.56 Å². The Morgan fingerprint density at radius 2 is 1.58 bits per heavy atom. The number of ketones is 1. The first kappa shape index (κ1) is 21.5. The van der Waals surface area contributed by atoms with Gasteiger partial charge in [-0.25, -0.2) is 0 Å². The Kier molecular flexibility index (Phi) is 5.84. The van der Waals surface area contributed by atoms with Crippen LogP contribution in [-0.4, -0.2) is 79.8 Å². The van der Waals surface area contributed by atoms with Gasteiger partial charge in [-0.2, -0.15) is 0 Å². The molecule has 0 aliphatic carbocycles. The minimum absolute atomic E-state index is 0.00432. The highest BCUT2D eigenvalue weighted by atomic mass is 16.7. The number of fused-ring (bicyclic) bond motifs is 1. The topological polar surface area (TPSA) is 166 Å². The molecule has 2 aromatic rings. The molecule has 10 nitrogen and oxygen atoms in total. The Balaban J connectivity index is 1.69. The van der Waals surface area contributed by atoms with E-state index < -0.39 is 55.3 Å². The van der Waals surface area contributed by atoms with Crippen LogP contribution in [-0.2, 0) is 9.47 Å². The number of aliphatic hydroxyl groups is 4. The summed E-state index contributed by atoms with van der Waals surface area (Å²) >= 11 is 0. The molecule has 1 saturated heterocycles. The van der Waals surface area contributed by atoms with Crippen LogP contribution in [0.1, 0.15) is 22.0 Å². The Bertz CT molecular complexity index is 944. The first-order valence-corrected chi connectivity index (χ1v) is 9.59. The molecular weight excluding hydrogens is 412 g/mol. The molecular formula is C21H22O10. The second-order valence-corrected chi connectivity index (χ2v) is 7.43. The zero-order valence-corrected chi connectivity index (χ0v) is 16.1. The highest BCUT2D eigenvalue weighted by Gasteiger charge is 2.48. The van der Waals surface area contributed by atoms with Gasteiger partial charge in [-0.15, -0.1) is 0 Å². The molecule has 0 amide bonds. The monoisotopic (exact) mass is 434 g/mol. The molecule has 1 fully saturated rings. The summed E-state index contributed by atoms with van der Waals surface area (Å²) in [5.74, 6) is -0.521. The van der Waals surface area contributed by atoms with Crippen molar-refractivity contribution in [2.45, 2.75) is 42.9 Å². The predicted octanol–water partition coefficient (Wildman–Crippen LogP) is -0.401. The van der Waals surface area contributed by atoms with Crippen molar-refractivity contribution < 1.29 is 49.6 Å². The average molecular weight is 434 g/mol. The van der Waals surface area contributed by atoms with Crippen molar-refractivity contribution in [2.75, 3.05) is 6.61 Å². The van der Waals surface area contributed by atoms with E-state index in [1.165, 1.54) is 42.5 Å². The van der Waals surface area contributed by atoms with Gasteiger partial charge in [-0.1, -0.05) is 12.1 Å². The summed E-state index contributed by atoms with van der Waals surface area (Å²) in [5.41, 5.74) is 0.581. The Morgan fingerprint density at radius 3 is 2.26 bits per heavy atom. The number of hydrogen-bond acceptors (Lipinski definition) is 10. The standard InChI is InChI=1S/C21H22O10/c22-8-14-16(26)17(27)18(28)21(30-14)31-20-15(25)12-6-5-11(24)7-13(12)29-19(20)9-1-3-10(23)4-2-9/h1-7,14,16-24,26-28H,8H2/t14-,16-,17+,18-,19?,20?,21+/m1/s1. The normalized spacial score (nSPS) is 32.9. The molecule has 0 aromatic heterocycles. The fourth-order valence-corrected chi connectivity index (χ4v) is 3.67. The lowest BCUT2D eigenvalue weighted by atomic mass is 9.92. The molecule has 2 aliphatic rings. The van der Waals surface area contributed by atoms with Crippen molar-refractivity contribution in [3.8, 4) is 17.2 Å². The second-order valence-electron chi connectivity index (χ2n) is 7.43. The fourth-order valence-electron chi connectivity index (χ4n) is 3.67. The number of phenols is 2. The van der Waals surface area contributed by atoms with E-state index >= 15 is 0 Å². The summed E-state index contributed by atoms with van der Waals surface area (Å²) in [6.07, 6.45) is -10.1. The van der Waals surface area contributed by atoms with Gasteiger partial charge in [0.05, 0.1) is 12.2 Å². The number of rotatable bonds is 4. The summed E-state index contributed by atoms with van der Waals surface area (Å²) in [7, 11) is 0. The first-order valence-electron chi connectivity index (χ1n) is 9.59. The predicted molar refractivity (Wildman–Crippen MR) is 103 cm³/mol. The molecule has 0 saturated carbocycles. The van der Waals surface area contributed by atoms with Crippen LogP contribution in [0.5, 0.6) is 17.2 Å². The number of hydrogen-bond donors (Lipinski definition) is 6. The van der Waals surface area contributed by atoms with Crippen molar-refractivity contribution in [1.29, 1.82) is 0 Å². The molecule has 31 heavy (non-hydrogen) atoms. The van der Waals surface area contributed by atoms with Crippen molar-refractivity contribution in [1.82, 2.24) is 0 Å². The lowest BCUT2D eigenvalue weighted by Gasteiger charge is -2.42. The van der Waals surface area contributed by atoms with Crippen molar-refractivity contribution in [3.05, 3.63) is 53.6 Å². The van der Waals surface area contributed by atoms with Crippen LogP contribution >= 0.6 is 0 Å². The van der Waals surface area contributed by atoms with E-state index in [9.17, 15) is 35.4 Å². The van der Waals surface area contributed by atoms with Crippen LogP contribution in [0.25, 0.3) is 0 Å². The summed E-state index contributed by atoms with van der Waals surface area (Å²) < 4.78 is 17.0. The number of carbonyl (C=O) groups is 1. The number of aromatic hydroxyl groups is 2. The molecule has 2 unspecified atom stereocenters. The number of aliphatic hydroxyl groups excluding tert-OH is 4. The lowest BCUT2D eigenvalue weighted by molar-refractivity contribution is -0.311. The van der Waals surface area contributed by atoms with Gasteiger partial charge in [-0.3, -0.25) is 4.79 Å². The van der Waals surface area contributed by atoms with E-state index in [4.69, 9.17) is 14.2 Å². The fraction of sp³-hybridized carbons (Fsp3) is 0.381. The maximum absolute atomic E-state index is 13.2. The van der Waals surface area contributed by atoms with Crippen LogP contribution in [0.15, 0.2) is 42.5 Å². The third-order valence-electron chi connectivity index (χ3n) is 5.37. The third kappa shape index (κ3) is 3.97. The summed E-state index contributed by atoms with van der Waals surface area (Å²) in [6.45, 7) is -0.649. The number of phenolic OH excluding ortho intramolecular Hbond substituents is 2. The first-order chi connectivity index (χ1) is 14.8. The smallest absolute Gasteiger partial charge is 0.199 e. The molecule has 6 N–H and O–H groups in total. The van der Waals surface area contributed by atoms with Crippen LogP contribution < -0.4 is 4.74 Å². The molecule has 2 heterocycles. The molecule has 166 valence electrons. The molecule has 2 aliphatic heterocycles. The van der Waals surface area contributed by atoms with Crippen LogP contribution in [0.3, 0.4) is 0 Å². The van der Waals surface area contributed by atoms with Gasteiger partial charge in [0.15, 0.2) is 24.3 Å². The number of benzene rings is 2. The van der Waals surface area contributed by atoms with Gasteiger partial charge in [0.2, 0.25) is 0 Å². The highest BCUT2D eigenvalue weighted by Crippen LogP contribution is 2.40. The zero-order chi connectivity index (χ0) is 22.3. The molecule has 2 aromatic carbocycles. The minimum atomic E-state index is -1.70. The Hall–Kier alpha value is -2.73. The Morgan fingerprint density at radius 1 is 0.903 bits per heavy atom. The van der Waals surface area contributed by atoms with Crippen molar-refractivity contribution >= 4 is 5.78 Å². The van der Waals surface area contributed by atoms with Crippen LogP contribution in [0.4, 0.5) is 0 Å². The van der Waals surface area contributed by atoms with Gasteiger partial charge in [0, 0.05) is 6.07 Å². The van der Waals surface area contributed by atoms with Gasteiger partial charge in [0.1, 0.15) is 41.7 Å². The maximum atomic E-state index is 13.2. The summed E-state index contributed by atoms with van der Waals surface area (Å²) in [5, 5.41) is 59.0. The van der Waals surface area contributed by atoms with Crippen LogP contribution in [0.2, 0.25) is 0 Å².